The van der Waals surface area contributed by atoms with Crippen LogP contribution in [-0.4, -0.2) is 48.5 Å². The molecule has 5 heterocycles. The van der Waals surface area contributed by atoms with Gasteiger partial charge in [-0.2, -0.15) is 0 Å². The molecule has 0 radical (unpaired) electrons. The largest absolute Gasteiger partial charge is 0.370 e. The average molecular weight is 324 g/mol. The molecule has 2 unspecified atom stereocenters. The number of piperidine rings is 1. The van der Waals surface area contributed by atoms with E-state index in [1.165, 1.54) is 5.56 Å². The Hall–Kier alpha value is -2.25. The van der Waals surface area contributed by atoms with Crippen LogP contribution in [0.15, 0.2) is 30.7 Å². The predicted octanol–water partition coefficient (Wildman–Crippen LogP) is 1.58. The van der Waals surface area contributed by atoms with Gasteiger partial charge in [-0.3, -0.25) is 4.90 Å². The number of ether oxygens (including phenoxy) is 1. The minimum absolute atomic E-state index is 0.249. The van der Waals surface area contributed by atoms with Crippen molar-refractivity contribution in [1.82, 2.24) is 29.3 Å². The van der Waals surface area contributed by atoms with Crippen molar-refractivity contribution in [1.29, 1.82) is 0 Å². The molecule has 1 fully saturated rings. The minimum Gasteiger partial charge on any atom is -0.370 e. The number of aromatic nitrogens is 5. The third kappa shape index (κ3) is 2.32. The van der Waals surface area contributed by atoms with Crippen molar-refractivity contribution < 1.29 is 4.74 Å². The Morgan fingerprint density at radius 2 is 2.25 bits per heavy atom. The highest BCUT2D eigenvalue weighted by Gasteiger charge is 2.36. The van der Waals surface area contributed by atoms with Gasteiger partial charge in [-0.15, -0.1) is 5.10 Å². The number of pyridine rings is 1. The summed E-state index contributed by atoms with van der Waals surface area (Å²) in [7, 11) is 0. The quantitative estimate of drug-likeness (QED) is 0.716. The maximum Gasteiger partial charge on any atom is 0.137 e. The van der Waals surface area contributed by atoms with Gasteiger partial charge in [0.05, 0.1) is 36.3 Å². The van der Waals surface area contributed by atoms with Crippen molar-refractivity contribution in [3.8, 4) is 0 Å². The summed E-state index contributed by atoms with van der Waals surface area (Å²) in [6.07, 6.45) is 7.33. The Bertz CT molecular complexity index is 884. The van der Waals surface area contributed by atoms with E-state index in [9.17, 15) is 0 Å². The molecule has 7 nitrogen and oxygen atoms in total. The van der Waals surface area contributed by atoms with E-state index in [1.54, 1.807) is 6.20 Å². The zero-order valence-corrected chi connectivity index (χ0v) is 13.7. The standard InChI is InChI=1S/C17H20N6O/c1-12-2-3-17-19-13(9-22(17)7-12)8-21-5-4-16-15(10-21)23-14(11-24-16)6-18-20-23/h2-3,6-7,9,15-16H,4-5,8,10-11H2,1H3. The lowest BCUT2D eigenvalue weighted by atomic mass is 10.0. The lowest BCUT2D eigenvalue weighted by Crippen LogP contribution is -2.47. The maximum absolute atomic E-state index is 5.98. The molecule has 0 saturated carbocycles. The van der Waals surface area contributed by atoms with Gasteiger partial charge in [-0.05, 0) is 25.0 Å². The zero-order chi connectivity index (χ0) is 16.1. The first-order valence-corrected chi connectivity index (χ1v) is 8.43. The summed E-state index contributed by atoms with van der Waals surface area (Å²) in [6, 6.07) is 4.43. The molecule has 7 heteroatoms. The third-order valence-electron chi connectivity index (χ3n) is 5.05. The van der Waals surface area contributed by atoms with E-state index in [4.69, 9.17) is 9.72 Å². The fourth-order valence-electron chi connectivity index (χ4n) is 3.85. The molecule has 24 heavy (non-hydrogen) atoms. The van der Waals surface area contributed by atoms with E-state index >= 15 is 0 Å². The van der Waals surface area contributed by atoms with Crippen LogP contribution >= 0.6 is 0 Å². The molecule has 3 aromatic rings. The second-order valence-electron chi connectivity index (χ2n) is 6.81. The molecule has 124 valence electrons. The number of aryl methyl sites for hydroxylation is 1. The first-order chi connectivity index (χ1) is 11.8. The summed E-state index contributed by atoms with van der Waals surface area (Å²) >= 11 is 0. The Morgan fingerprint density at radius 3 is 3.21 bits per heavy atom. The lowest BCUT2D eigenvalue weighted by Gasteiger charge is -2.40. The normalized spacial score (nSPS) is 24.0. The number of rotatable bonds is 2. The summed E-state index contributed by atoms with van der Waals surface area (Å²) < 4.78 is 10.1. The van der Waals surface area contributed by atoms with Gasteiger partial charge in [0, 0.05) is 32.0 Å². The molecule has 2 atom stereocenters. The smallest absolute Gasteiger partial charge is 0.137 e. The molecular weight excluding hydrogens is 304 g/mol. The van der Waals surface area contributed by atoms with Crippen molar-refractivity contribution in [2.45, 2.75) is 38.6 Å². The SMILES string of the molecule is Cc1ccc2nc(CN3CCC4OCc5cnnn5C4C3)cn2c1. The summed E-state index contributed by atoms with van der Waals surface area (Å²) in [5, 5.41) is 8.31. The lowest BCUT2D eigenvalue weighted by molar-refractivity contribution is -0.0671. The van der Waals surface area contributed by atoms with Gasteiger partial charge in [0.2, 0.25) is 0 Å². The average Bonchev–Trinajstić information content (AvgIpc) is 3.20. The number of hydrogen-bond donors (Lipinski definition) is 0. The summed E-state index contributed by atoms with van der Waals surface area (Å²) in [6.45, 7) is 5.53. The van der Waals surface area contributed by atoms with Crippen LogP contribution in [0.3, 0.4) is 0 Å². The predicted molar refractivity (Wildman–Crippen MR) is 87.5 cm³/mol. The van der Waals surface area contributed by atoms with Crippen LogP contribution in [0, 0.1) is 6.92 Å². The highest BCUT2D eigenvalue weighted by molar-refractivity contribution is 5.41. The summed E-state index contributed by atoms with van der Waals surface area (Å²) in [5.41, 5.74) is 4.42. The van der Waals surface area contributed by atoms with Gasteiger partial charge in [-0.25, -0.2) is 9.67 Å². The number of fused-ring (bicyclic) bond motifs is 4. The molecule has 1 saturated heterocycles. The maximum atomic E-state index is 5.98. The van der Waals surface area contributed by atoms with Crippen LogP contribution in [0.4, 0.5) is 0 Å². The summed E-state index contributed by atoms with van der Waals surface area (Å²) in [4.78, 5) is 7.18. The Kier molecular flexibility index (Phi) is 3.17. The molecule has 0 amide bonds. The monoisotopic (exact) mass is 324 g/mol. The fourth-order valence-corrected chi connectivity index (χ4v) is 3.85. The van der Waals surface area contributed by atoms with E-state index in [2.05, 4.69) is 51.1 Å². The van der Waals surface area contributed by atoms with Gasteiger partial charge in [0.15, 0.2) is 0 Å². The van der Waals surface area contributed by atoms with Crippen LogP contribution in [0.25, 0.3) is 5.65 Å². The number of likely N-dealkylation sites (tertiary alicyclic amines) is 1. The molecule has 2 aliphatic heterocycles. The van der Waals surface area contributed by atoms with Gasteiger partial charge in [0.25, 0.3) is 0 Å². The first kappa shape index (κ1) is 14.1. The van der Waals surface area contributed by atoms with Crippen molar-refractivity contribution in [2.75, 3.05) is 13.1 Å². The Morgan fingerprint density at radius 1 is 1.29 bits per heavy atom. The molecule has 3 aromatic heterocycles. The minimum atomic E-state index is 0.249. The third-order valence-corrected chi connectivity index (χ3v) is 5.05. The van der Waals surface area contributed by atoms with E-state index in [-0.39, 0.29) is 12.1 Å². The van der Waals surface area contributed by atoms with E-state index in [1.807, 2.05) is 4.68 Å². The van der Waals surface area contributed by atoms with Crippen LogP contribution in [0.1, 0.15) is 29.4 Å². The number of hydrogen-bond acceptors (Lipinski definition) is 5. The van der Waals surface area contributed by atoms with Crippen LogP contribution in [0.2, 0.25) is 0 Å². The second kappa shape index (κ2) is 5.39. The van der Waals surface area contributed by atoms with E-state index < -0.39 is 0 Å². The topological polar surface area (TPSA) is 60.5 Å². The first-order valence-electron chi connectivity index (χ1n) is 8.43. The fraction of sp³-hybridized carbons (Fsp3) is 0.471. The van der Waals surface area contributed by atoms with Crippen molar-refractivity contribution in [3.63, 3.8) is 0 Å². The van der Waals surface area contributed by atoms with Crippen LogP contribution < -0.4 is 0 Å². The van der Waals surface area contributed by atoms with Crippen LogP contribution in [-0.2, 0) is 17.9 Å². The van der Waals surface area contributed by atoms with E-state index in [0.717, 1.165) is 43.1 Å². The Labute approximate surface area is 139 Å². The van der Waals surface area contributed by atoms with Crippen molar-refractivity contribution in [3.05, 3.63) is 47.7 Å². The molecule has 5 rings (SSSR count). The van der Waals surface area contributed by atoms with Gasteiger partial charge in [0.1, 0.15) is 5.65 Å². The van der Waals surface area contributed by atoms with E-state index in [0.29, 0.717) is 6.61 Å². The molecule has 0 bridgehead atoms. The molecule has 0 aromatic carbocycles. The molecule has 0 aliphatic carbocycles. The molecule has 0 spiro atoms. The van der Waals surface area contributed by atoms with Gasteiger partial charge in [-0.1, -0.05) is 11.3 Å². The second-order valence-corrected chi connectivity index (χ2v) is 6.81. The van der Waals surface area contributed by atoms with Crippen molar-refractivity contribution >= 4 is 5.65 Å². The number of nitrogens with zero attached hydrogens (tertiary/aromatic N) is 6. The molecular formula is C17H20N6O. The van der Waals surface area contributed by atoms with Crippen molar-refractivity contribution in [2.24, 2.45) is 0 Å². The van der Waals surface area contributed by atoms with Gasteiger partial charge >= 0.3 is 0 Å². The molecule has 0 N–H and O–H groups in total. The van der Waals surface area contributed by atoms with Crippen LogP contribution in [0.5, 0.6) is 0 Å². The van der Waals surface area contributed by atoms with Gasteiger partial charge < -0.3 is 9.14 Å². The zero-order valence-electron chi connectivity index (χ0n) is 13.7. The Balaban J connectivity index is 1.36. The summed E-state index contributed by atoms with van der Waals surface area (Å²) in [5.74, 6) is 0. The molecule has 2 aliphatic rings. The number of imidazole rings is 1. The highest BCUT2D eigenvalue weighted by Crippen LogP contribution is 2.30. The highest BCUT2D eigenvalue weighted by atomic mass is 16.5.